The van der Waals surface area contributed by atoms with Crippen molar-refractivity contribution in [2.75, 3.05) is 57.2 Å². The van der Waals surface area contributed by atoms with Crippen molar-refractivity contribution in [3.63, 3.8) is 0 Å². The summed E-state index contributed by atoms with van der Waals surface area (Å²) in [5, 5.41) is 20.7. The van der Waals surface area contributed by atoms with E-state index in [1.54, 1.807) is 18.0 Å². The van der Waals surface area contributed by atoms with Gasteiger partial charge in [0.05, 0.1) is 30.4 Å². The van der Waals surface area contributed by atoms with Crippen LogP contribution in [-0.2, 0) is 12.0 Å². The standard InChI is InChI=1S/C28H34N6O3/c1-28(2,3)21-11-17(12-23-25(21)37-10-9-33(23)8-7-29)24(35)16-34-15-18-13-22(32(5)6)20(27(36)31-4)14-19(18)26(34)30/h11-14,30H,8-10,15-16H2,1-6H3,(H,31,36). The van der Waals surface area contributed by atoms with E-state index in [1.807, 2.05) is 42.1 Å². The zero-order valence-corrected chi connectivity index (χ0v) is 22.4. The van der Waals surface area contributed by atoms with Crippen LogP contribution in [-0.4, -0.2) is 69.8 Å². The monoisotopic (exact) mass is 502 g/mol. The zero-order valence-electron chi connectivity index (χ0n) is 22.4. The number of carbonyl (C=O) groups is 2. The molecule has 194 valence electrons. The predicted molar refractivity (Wildman–Crippen MR) is 144 cm³/mol. The number of amides is 1. The molecule has 2 aliphatic rings. The van der Waals surface area contributed by atoms with Gasteiger partial charge in [-0.1, -0.05) is 20.8 Å². The highest BCUT2D eigenvalue weighted by molar-refractivity contribution is 6.08. The van der Waals surface area contributed by atoms with Gasteiger partial charge in [0.25, 0.3) is 5.91 Å². The Balaban J connectivity index is 1.66. The lowest BCUT2D eigenvalue weighted by atomic mass is 9.84. The van der Waals surface area contributed by atoms with Gasteiger partial charge in [-0.05, 0) is 35.2 Å². The predicted octanol–water partition coefficient (Wildman–Crippen LogP) is 3.16. The van der Waals surface area contributed by atoms with Crippen LogP contribution in [0.15, 0.2) is 24.3 Å². The number of ether oxygens (including phenoxy) is 1. The molecule has 0 spiro atoms. The Labute approximate surface area is 218 Å². The van der Waals surface area contributed by atoms with Crippen molar-refractivity contribution >= 4 is 28.9 Å². The zero-order chi connectivity index (χ0) is 27.1. The quantitative estimate of drug-likeness (QED) is 0.461. The second-order valence-electron chi connectivity index (χ2n) is 10.7. The maximum Gasteiger partial charge on any atom is 0.253 e. The van der Waals surface area contributed by atoms with E-state index < -0.39 is 0 Å². The fourth-order valence-electron chi connectivity index (χ4n) is 4.87. The summed E-state index contributed by atoms with van der Waals surface area (Å²) in [6.07, 6.45) is 0. The van der Waals surface area contributed by atoms with Crippen LogP contribution in [0.2, 0.25) is 0 Å². The third kappa shape index (κ3) is 4.84. The molecule has 2 aromatic rings. The molecule has 0 saturated carbocycles. The molecule has 4 rings (SSSR count). The van der Waals surface area contributed by atoms with Crippen molar-refractivity contribution < 1.29 is 14.3 Å². The topological polar surface area (TPSA) is 113 Å². The summed E-state index contributed by atoms with van der Waals surface area (Å²) in [5.74, 6) is 0.613. The van der Waals surface area contributed by atoms with Gasteiger partial charge >= 0.3 is 0 Å². The van der Waals surface area contributed by atoms with Crippen LogP contribution in [0.1, 0.15) is 58.2 Å². The minimum Gasteiger partial charge on any atom is -0.489 e. The van der Waals surface area contributed by atoms with E-state index in [2.05, 4.69) is 32.2 Å². The van der Waals surface area contributed by atoms with Gasteiger partial charge in [-0.2, -0.15) is 5.26 Å². The van der Waals surface area contributed by atoms with Crippen LogP contribution in [0.5, 0.6) is 5.75 Å². The summed E-state index contributed by atoms with van der Waals surface area (Å²) in [6.45, 7) is 7.94. The Hall–Kier alpha value is -4.06. The largest absolute Gasteiger partial charge is 0.489 e. The van der Waals surface area contributed by atoms with Gasteiger partial charge in [0.2, 0.25) is 0 Å². The Bertz CT molecular complexity index is 1320. The summed E-state index contributed by atoms with van der Waals surface area (Å²) in [6, 6.07) is 9.57. The molecule has 1 amide bonds. The molecule has 0 aromatic heterocycles. The van der Waals surface area contributed by atoms with E-state index in [0.717, 1.165) is 28.3 Å². The Morgan fingerprint density at radius 3 is 2.54 bits per heavy atom. The van der Waals surface area contributed by atoms with Crippen molar-refractivity contribution in [3.05, 3.63) is 52.1 Å². The number of carbonyl (C=O) groups excluding carboxylic acids is 2. The number of anilines is 2. The number of nitriles is 1. The first-order valence-electron chi connectivity index (χ1n) is 12.3. The maximum atomic E-state index is 13.6. The van der Waals surface area contributed by atoms with Gasteiger partial charge in [0.15, 0.2) is 5.78 Å². The van der Waals surface area contributed by atoms with Crippen molar-refractivity contribution in [2.45, 2.75) is 32.7 Å². The normalized spacial score (nSPS) is 14.5. The number of benzene rings is 2. The van der Waals surface area contributed by atoms with Crippen molar-refractivity contribution in [2.24, 2.45) is 0 Å². The summed E-state index contributed by atoms with van der Waals surface area (Å²) < 4.78 is 6.01. The first kappa shape index (κ1) is 26.0. The van der Waals surface area contributed by atoms with Crippen LogP contribution in [0.3, 0.4) is 0 Å². The molecule has 0 saturated heterocycles. The number of rotatable bonds is 6. The molecule has 0 radical (unpaired) electrons. The number of amidine groups is 1. The molecule has 2 heterocycles. The second-order valence-corrected chi connectivity index (χ2v) is 10.7. The van der Waals surface area contributed by atoms with Crippen LogP contribution >= 0.6 is 0 Å². The van der Waals surface area contributed by atoms with Crippen LogP contribution < -0.4 is 19.9 Å². The fourth-order valence-corrected chi connectivity index (χ4v) is 4.87. The molecule has 2 N–H and O–H groups in total. The summed E-state index contributed by atoms with van der Waals surface area (Å²) >= 11 is 0. The highest BCUT2D eigenvalue weighted by Gasteiger charge is 2.32. The van der Waals surface area contributed by atoms with Crippen molar-refractivity contribution in [1.82, 2.24) is 10.2 Å². The van der Waals surface area contributed by atoms with E-state index in [1.165, 1.54) is 0 Å². The molecule has 0 unspecified atom stereocenters. The van der Waals surface area contributed by atoms with Crippen molar-refractivity contribution in [3.8, 4) is 11.8 Å². The second kappa shape index (κ2) is 9.77. The van der Waals surface area contributed by atoms with Crippen molar-refractivity contribution in [1.29, 1.82) is 10.7 Å². The van der Waals surface area contributed by atoms with E-state index in [0.29, 0.717) is 36.4 Å². The average Bonchev–Trinajstić information content (AvgIpc) is 3.15. The van der Waals surface area contributed by atoms with Gasteiger partial charge in [0, 0.05) is 50.1 Å². The highest BCUT2D eigenvalue weighted by atomic mass is 16.5. The number of hydrogen-bond acceptors (Lipinski definition) is 7. The van der Waals surface area contributed by atoms with Gasteiger partial charge < -0.3 is 24.8 Å². The third-order valence-corrected chi connectivity index (χ3v) is 6.85. The summed E-state index contributed by atoms with van der Waals surface area (Å²) in [5.41, 5.74) is 4.75. The number of Topliss-reactive ketones (excluding diaryl/α,β-unsaturated/α-hetero) is 1. The highest BCUT2D eigenvalue weighted by Crippen LogP contribution is 2.42. The molecule has 2 aliphatic heterocycles. The molecule has 9 nitrogen and oxygen atoms in total. The van der Waals surface area contributed by atoms with Crippen LogP contribution in [0, 0.1) is 16.7 Å². The van der Waals surface area contributed by atoms with Gasteiger partial charge in [-0.15, -0.1) is 0 Å². The fraction of sp³-hybridized carbons (Fsp3) is 0.429. The Kier molecular flexibility index (Phi) is 6.87. The molecule has 0 atom stereocenters. The molecular formula is C28H34N6O3. The number of nitrogens with one attached hydrogen (secondary N) is 2. The summed E-state index contributed by atoms with van der Waals surface area (Å²) in [4.78, 5) is 31.6. The van der Waals surface area contributed by atoms with Crippen LogP contribution in [0.4, 0.5) is 11.4 Å². The molecule has 37 heavy (non-hydrogen) atoms. The smallest absolute Gasteiger partial charge is 0.253 e. The molecule has 0 fully saturated rings. The molecular weight excluding hydrogens is 468 g/mol. The van der Waals surface area contributed by atoms with E-state index in [4.69, 9.17) is 10.1 Å². The van der Waals surface area contributed by atoms with Gasteiger partial charge in [-0.3, -0.25) is 15.0 Å². The Morgan fingerprint density at radius 1 is 1.19 bits per heavy atom. The lowest BCUT2D eigenvalue weighted by Crippen LogP contribution is -2.35. The lowest BCUT2D eigenvalue weighted by molar-refractivity contribution is 0.0955. The van der Waals surface area contributed by atoms with Gasteiger partial charge in [-0.25, -0.2) is 0 Å². The van der Waals surface area contributed by atoms with E-state index in [9.17, 15) is 14.9 Å². The number of fused-ring (bicyclic) bond motifs is 2. The Morgan fingerprint density at radius 2 is 1.92 bits per heavy atom. The SMILES string of the molecule is CNC(=O)c1cc2c(cc1N(C)C)CN(CC(=O)c1cc3c(c(C(C)(C)C)c1)OCCN3CC#N)C2=N. The third-order valence-electron chi connectivity index (χ3n) is 6.85. The number of hydrogen-bond donors (Lipinski definition) is 2. The molecule has 0 bridgehead atoms. The maximum absolute atomic E-state index is 13.6. The first-order chi connectivity index (χ1) is 17.5. The molecule has 0 aliphatic carbocycles. The minimum absolute atomic E-state index is 0.0294. The molecule has 9 heteroatoms. The van der Waals surface area contributed by atoms with E-state index >= 15 is 0 Å². The minimum atomic E-state index is -0.272. The first-order valence-corrected chi connectivity index (χ1v) is 12.3. The number of nitrogens with zero attached hydrogens (tertiary/aromatic N) is 4. The number of ketones is 1. The lowest BCUT2D eigenvalue weighted by Gasteiger charge is -2.34. The van der Waals surface area contributed by atoms with Crippen LogP contribution in [0.25, 0.3) is 0 Å². The molecule has 2 aromatic carbocycles. The summed E-state index contributed by atoms with van der Waals surface area (Å²) in [7, 11) is 5.33. The van der Waals surface area contributed by atoms with E-state index in [-0.39, 0.29) is 36.0 Å². The average molecular weight is 503 g/mol. The van der Waals surface area contributed by atoms with Gasteiger partial charge in [0.1, 0.15) is 24.7 Å².